The van der Waals surface area contributed by atoms with Crippen molar-refractivity contribution in [2.75, 3.05) is 0 Å². The highest BCUT2D eigenvalue weighted by atomic mass is 19.3. The summed E-state index contributed by atoms with van der Waals surface area (Å²) in [5.41, 5.74) is 0. The zero-order valence-electron chi connectivity index (χ0n) is 4.70. The fourth-order valence-corrected chi connectivity index (χ4v) is 0.290. The van der Waals surface area contributed by atoms with Crippen LogP contribution in [-0.2, 0) is 0 Å². The second-order valence-corrected chi connectivity index (χ2v) is 1.38. The van der Waals surface area contributed by atoms with Crippen molar-refractivity contribution in [3.05, 3.63) is 24.8 Å². The molecule has 2 heteroatoms. The number of allylic oxidation sites excluding steroid dienone is 3. The lowest BCUT2D eigenvalue weighted by Gasteiger charge is -2.01. The molecule has 0 N–H and O–H groups in total. The largest absolute Gasteiger partial charge is 0.284 e. The smallest absolute Gasteiger partial charge is 0.197 e. The molecule has 0 spiro atoms. The minimum absolute atomic E-state index is 0.604. The number of halogens is 2. The van der Waals surface area contributed by atoms with Crippen molar-refractivity contribution < 1.29 is 8.78 Å². The molecule has 0 unspecified atom stereocenters. The first-order chi connectivity index (χ1) is 3.62. The topological polar surface area (TPSA) is 0 Å². The first-order valence-corrected chi connectivity index (χ1v) is 2.27. The van der Waals surface area contributed by atoms with Gasteiger partial charge in [-0.2, -0.15) is 8.78 Å². The van der Waals surface area contributed by atoms with Crippen LogP contribution in [0.25, 0.3) is 0 Å². The number of hydrogen-bond donors (Lipinski definition) is 0. The van der Waals surface area contributed by atoms with Gasteiger partial charge in [0.2, 0.25) is 0 Å². The van der Waals surface area contributed by atoms with Crippen LogP contribution in [0.4, 0.5) is 8.78 Å². The Morgan fingerprint density at radius 1 is 1.50 bits per heavy atom. The standard InChI is InChI=1S/C6H8F2/c1-3-5-6(7,8)4-2/h3-5H,2H2,1H3/b5-3+. The third-order valence-corrected chi connectivity index (χ3v) is 0.661. The van der Waals surface area contributed by atoms with Gasteiger partial charge in [0.05, 0.1) is 0 Å². The Bertz CT molecular complexity index is 103. The van der Waals surface area contributed by atoms with Gasteiger partial charge in [0, 0.05) is 0 Å². The van der Waals surface area contributed by atoms with E-state index in [4.69, 9.17) is 0 Å². The minimum Gasteiger partial charge on any atom is -0.197 e. The number of rotatable bonds is 2. The van der Waals surface area contributed by atoms with Crippen LogP contribution >= 0.6 is 0 Å². The molecule has 0 aromatic rings. The van der Waals surface area contributed by atoms with Crippen molar-refractivity contribution in [3.8, 4) is 0 Å². The third-order valence-electron chi connectivity index (χ3n) is 0.661. The van der Waals surface area contributed by atoms with E-state index in [1.165, 1.54) is 13.0 Å². The zero-order chi connectivity index (χ0) is 6.62. The summed E-state index contributed by atoms with van der Waals surface area (Å²) in [6, 6.07) is 0. The Morgan fingerprint density at radius 2 is 2.00 bits per heavy atom. The van der Waals surface area contributed by atoms with Crippen LogP contribution in [0.15, 0.2) is 24.8 Å². The van der Waals surface area contributed by atoms with Gasteiger partial charge in [-0.25, -0.2) is 0 Å². The zero-order valence-corrected chi connectivity index (χ0v) is 4.70. The van der Waals surface area contributed by atoms with Gasteiger partial charge >= 0.3 is 0 Å². The summed E-state index contributed by atoms with van der Waals surface area (Å²) in [4.78, 5) is 0. The van der Waals surface area contributed by atoms with E-state index in [2.05, 4.69) is 6.58 Å². The lowest BCUT2D eigenvalue weighted by Crippen LogP contribution is -2.04. The van der Waals surface area contributed by atoms with Crippen molar-refractivity contribution in [2.24, 2.45) is 0 Å². The highest BCUT2D eigenvalue weighted by Crippen LogP contribution is 2.14. The summed E-state index contributed by atoms with van der Waals surface area (Å²) in [6.45, 7) is 4.49. The number of hydrogen-bond acceptors (Lipinski definition) is 0. The lowest BCUT2D eigenvalue weighted by molar-refractivity contribution is 0.112. The molecule has 0 heterocycles. The van der Waals surface area contributed by atoms with E-state index < -0.39 is 5.92 Å². The highest BCUT2D eigenvalue weighted by molar-refractivity contribution is 5.03. The molecule has 0 atom stereocenters. The fraction of sp³-hybridized carbons (Fsp3) is 0.333. The van der Waals surface area contributed by atoms with Crippen molar-refractivity contribution in [3.63, 3.8) is 0 Å². The summed E-state index contributed by atoms with van der Waals surface area (Å²) >= 11 is 0. The molecule has 46 valence electrons. The SMILES string of the molecule is C=CC(F)(F)/C=C/C. The van der Waals surface area contributed by atoms with Gasteiger partial charge in [-0.1, -0.05) is 12.7 Å². The van der Waals surface area contributed by atoms with Gasteiger partial charge in [-0.15, -0.1) is 0 Å². The van der Waals surface area contributed by atoms with Crippen molar-refractivity contribution in [1.82, 2.24) is 0 Å². The second-order valence-electron chi connectivity index (χ2n) is 1.38. The maximum atomic E-state index is 11.9. The molecule has 0 fully saturated rings. The molecule has 0 aliphatic heterocycles. The van der Waals surface area contributed by atoms with Crippen LogP contribution in [0.3, 0.4) is 0 Å². The predicted octanol–water partition coefficient (Wildman–Crippen LogP) is 2.38. The molecule has 0 aliphatic rings. The van der Waals surface area contributed by atoms with Crippen LogP contribution in [0.5, 0.6) is 0 Å². The van der Waals surface area contributed by atoms with Gasteiger partial charge in [0.15, 0.2) is 0 Å². The first-order valence-electron chi connectivity index (χ1n) is 2.27. The van der Waals surface area contributed by atoms with Gasteiger partial charge in [-0.3, -0.25) is 0 Å². The van der Waals surface area contributed by atoms with Crippen LogP contribution in [-0.4, -0.2) is 5.92 Å². The Kier molecular flexibility index (Phi) is 2.38. The van der Waals surface area contributed by atoms with E-state index in [9.17, 15) is 8.78 Å². The Labute approximate surface area is 47.5 Å². The molecule has 0 radical (unpaired) electrons. The monoisotopic (exact) mass is 118 g/mol. The molecular formula is C6H8F2. The van der Waals surface area contributed by atoms with Gasteiger partial charge in [-0.05, 0) is 19.1 Å². The highest BCUT2D eigenvalue weighted by Gasteiger charge is 2.17. The molecule has 0 bridgehead atoms. The van der Waals surface area contributed by atoms with Gasteiger partial charge in [0.25, 0.3) is 5.92 Å². The van der Waals surface area contributed by atoms with Crippen molar-refractivity contribution in [2.45, 2.75) is 12.8 Å². The molecule has 8 heavy (non-hydrogen) atoms. The molecule has 0 aliphatic carbocycles. The first kappa shape index (κ1) is 7.34. The van der Waals surface area contributed by atoms with E-state index in [-0.39, 0.29) is 0 Å². The molecule has 0 rings (SSSR count). The summed E-state index contributed by atoms with van der Waals surface area (Å²) in [7, 11) is 0. The van der Waals surface area contributed by atoms with E-state index in [0.717, 1.165) is 6.08 Å². The van der Waals surface area contributed by atoms with Crippen LogP contribution in [0.2, 0.25) is 0 Å². The number of alkyl halides is 2. The molecule has 0 amide bonds. The van der Waals surface area contributed by atoms with E-state index in [0.29, 0.717) is 6.08 Å². The predicted molar refractivity (Wildman–Crippen MR) is 30.0 cm³/mol. The quantitative estimate of drug-likeness (QED) is 0.488. The molecule has 0 aromatic carbocycles. The summed E-state index contributed by atoms with van der Waals surface area (Å²) in [6.07, 6.45) is 2.69. The van der Waals surface area contributed by atoms with Crippen LogP contribution in [0, 0.1) is 0 Å². The Morgan fingerprint density at radius 3 is 2.12 bits per heavy atom. The van der Waals surface area contributed by atoms with E-state index in [1.807, 2.05) is 0 Å². The fourth-order valence-electron chi connectivity index (χ4n) is 0.290. The molecular weight excluding hydrogens is 110 g/mol. The third kappa shape index (κ3) is 2.50. The summed E-state index contributed by atoms with van der Waals surface area (Å²) in [5.74, 6) is -2.82. The normalized spacial score (nSPS) is 12.4. The van der Waals surface area contributed by atoms with Crippen LogP contribution < -0.4 is 0 Å². The Balaban J connectivity index is 3.90. The lowest BCUT2D eigenvalue weighted by atomic mass is 10.3. The maximum absolute atomic E-state index is 11.9. The second kappa shape index (κ2) is 2.60. The molecule has 0 nitrogen and oxygen atoms in total. The van der Waals surface area contributed by atoms with Gasteiger partial charge < -0.3 is 0 Å². The Hall–Kier alpha value is -0.660. The molecule has 0 saturated heterocycles. The van der Waals surface area contributed by atoms with Crippen LogP contribution in [0.1, 0.15) is 6.92 Å². The van der Waals surface area contributed by atoms with Crippen molar-refractivity contribution in [1.29, 1.82) is 0 Å². The molecule has 0 aromatic heterocycles. The molecule has 0 saturated carbocycles. The summed E-state index contributed by atoms with van der Waals surface area (Å²) < 4.78 is 23.9. The van der Waals surface area contributed by atoms with E-state index >= 15 is 0 Å². The van der Waals surface area contributed by atoms with E-state index in [1.54, 1.807) is 0 Å². The maximum Gasteiger partial charge on any atom is 0.284 e. The van der Waals surface area contributed by atoms with Gasteiger partial charge in [0.1, 0.15) is 0 Å². The summed E-state index contributed by atoms with van der Waals surface area (Å²) in [5, 5.41) is 0. The van der Waals surface area contributed by atoms with Crippen molar-refractivity contribution >= 4 is 0 Å². The average molecular weight is 118 g/mol. The minimum atomic E-state index is -2.82. The average Bonchev–Trinajstić information content (AvgIpc) is 1.67.